The number of benzene rings is 1. The number of carbonyl (C=O) groups excluding carboxylic acids is 1. The summed E-state index contributed by atoms with van der Waals surface area (Å²) in [6, 6.07) is 10.8. The molecule has 1 aliphatic heterocycles. The van der Waals surface area contributed by atoms with Gasteiger partial charge in [-0.3, -0.25) is 4.79 Å². The Kier molecular flexibility index (Phi) is 8.84. The van der Waals surface area contributed by atoms with Gasteiger partial charge in [-0.2, -0.15) is 30.3 Å². The molecule has 4 fully saturated rings. The molecule has 0 spiro atoms. The van der Waals surface area contributed by atoms with Crippen LogP contribution in [0.1, 0.15) is 52.0 Å². The van der Waals surface area contributed by atoms with Crippen molar-refractivity contribution in [1.29, 1.82) is 0 Å². The molecule has 1 unspecified atom stereocenters. The molecule has 0 bridgehead atoms. The monoisotopic (exact) mass is 610 g/mol. The molecule has 0 aromatic heterocycles. The number of carbonyl (C=O) groups is 1. The number of aliphatic hydroxyl groups excluding tert-OH is 2. The number of allylic oxidation sites excluding steroid dienone is 4. The fourth-order valence-electron chi connectivity index (χ4n) is 8.63. The summed E-state index contributed by atoms with van der Waals surface area (Å²) >= 11 is 0. The molecule has 0 amide bonds. The summed E-state index contributed by atoms with van der Waals surface area (Å²) in [6.45, 7) is 5.87. The average molecular weight is 611 g/mol. The number of Topliss-reactive ketones (excluding diaryl/α,β-unsaturated/α-hetero) is 1. The van der Waals surface area contributed by atoms with Crippen LogP contribution in [0.3, 0.4) is 0 Å². The Morgan fingerprint density at radius 3 is 2.82 bits per heavy atom. The molecule has 5 aliphatic rings. The molecule has 3 saturated carbocycles. The normalized spacial score (nSPS) is 42.7. The first-order valence-electron chi connectivity index (χ1n) is 13.4. The van der Waals surface area contributed by atoms with Crippen molar-refractivity contribution in [2.45, 2.75) is 77.2 Å². The zero-order chi connectivity index (χ0) is 26.0. The average Bonchev–Trinajstić information content (AvgIpc) is 3.34. The first-order chi connectivity index (χ1) is 17.7. The van der Waals surface area contributed by atoms with Gasteiger partial charge in [-0.05, 0) is 56.6 Å². The van der Waals surface area contributed by atoms with Gasteiger partial charge in [0.05, 0.1) is 12.2 Å². The second-order valence-corrected chi connectivity index (χ2v) is 11.8. The standard InChI is InChI=1S/C30H36NO6.CH3.Y/c1-18-36-26-14-23-22-10-9-20-13-21(31-35-17-19-7-5-4-6-8-19)11-12-28(20,2)27(22)24(33)15-29(23,3)30(26,37-18)25(34)16-32;;/h4-7,11-13,18,22-24,26-27,32-33H,9-10,14-17H2,1-3H3;1H3;/q2*-1;/b31-21+;;/t18?,22-,23-,24-,26+,27+,28-,29-,30+;;/m0../s1. The van der Waals surface area contributed by atoms with Gasteiger partial charge in [0.2, 0.25) is 0 Å². The van der Waals surface area contributed by atoms with Crippen molar-refractivity contribution in [2.24, 2.45) is 33.7 Å². The number of nitrogens with zero attached hydrogens (tertiary/aromatic N) is 1. The van der Waals surface area contributed by atoms with Crippen LogP contribution in [0.25, 0.3) is 0 Å². The molecule has 1 saturated heterocycles. The maximum atomic E-state index is 13.2. The zero-order valence-corrected chi connectivity index (χ0v) is 26.1. The van der Waals surface area contributed by atoms with E-state index in [-0.39, 0.29) is 69.1 Å². The van der Waals surface area contributed by atoms with Crippen LogP contribution in [0.2, 0.25) is 0 Å². The van der Waals surface area contributed by atoms with Crippen LogP contribution in [0.15, 0.2) is 53.2 Å². The molecule has 1 aromatic carbocycles. The summed E-state index contributed by atoms with van der Waals surface area (Å²) < 4.78 is 12.3. The number of ketones is 1. The van der Waals surface area contributed by atoms with Crippen molar-refractivity contribution >= 4 is 11.5 Å². The molecule has 8 heteroatoms. The Labute approximate surface area is 256 Å². The van der Waals surface area contributed by atoms with Gasteiger partial charge in [0.25, 0.3) is 0 Å². The minimum absolute atomic E-state index is 0. The summed E-state index contributed by atoms with van der Waals surface area (Å²) in [6.07, 6.45) is 7.71. The maximum absolute atomic E-state index is 13.2. The van der Waals surface area contributed by atoms with Crippen LogP contribution >= 0.6 is 0 Å². The number of hydrogen-bond donors (Lipinski definition) is 2. The molecule has 39 heavy (non-hydrogen) atoms. The van der Waals surface area contributed by atoms with Crippen LogP contribution in [0, 0.1) is 42.1 Å². The Morgan fingerprint density at radius 2 is 2.10 bits per heavy atom. The minimum atomic E-state index is -1.20. The Morgan fingerprint density at radius 1 is 1.31 bits per heavy atom. The molecule has 1 radical (unpaired) electrons. The van der Waals surface area contributed by atoms with Crippen LogP contribution in [-0.2, 0) is 58.4 Å². The Bertz CT molecular complexity index is 1170. The summed E-state index contributed by atoms with van der Waals surface area (Å²) in [5, 5.41) is 26.0. The SMILES string of the molecule is CC1O[C@@H]2C[C@H]3[C@@H]4CCC5=C/C(=N/OCc6[c-]cccc6)C=C[C@]5(C)[C@H]4[C@@H](O)C[C@]3(C)[C@]2(C(=O)CO)O1.[CH3-].[Y]. The van der Waals surface area contributed by atoms with Crippen LogP contribution in [0.5, 0.6) is 0 Å². The van der Waals surface area contributed by atoms with Gasteiger partial charge in [-0.1, -0.05) is 30.7 Å². The summed E-state index contributed by atoms with van der Waals surface area (Å²) in [5.41, 5.74) is 0.859. The third-order valence-corrected chi connectivity index (χ3v) is 10.1. The van der Waals surface area contributed by atoms with Gasteiger partial charge in [0, 0.05) is 49.5 Å². The number of aliphatic hydroxyl groups is 2. The van der Waals surface area contributed by atoms with E-state index in [1.165, 1.54) is 5.57 Å². The largest absolute Gasteiger partial charge is 0.393 e. The van der Waals surface area contributed by atoms with E-state index in [2.05, 4.69) is 37.2 Å². The minimum Gasteiger partial charge on any atom is -0.393 e. The Hall–Kier alpha value is -1.22. The third kappa shape index (κ3) is 4.56. The molecule has 209 valence electrons. The quantitative estimate of drug-likeness (QED) is 0.384. The third-order valence-electron chi connectivity index (χ3n) is 10.1. The smallest absolute Gasteiger partial charge is 0.193 e. The van der Waals surface area contributed by atoms with Gasteiger partial charge in [-0.15, -0.1) is 5.56 Å². The van der Waals surface area contributed by atoms with Crippen LogP contribution in [0.4, 0.5) is 0 Å². The van der Waals surface area contributed by atoms with Crippen molar-refractivity contribution in [1.82, 2.24) is 0 Å². The van der Waals surface area contributed by atoms with Gasteiger partial charge >= 0.3 is 0 Å². The fourth-order valence-corrected chi connectivity index (χ4v) is 8.63. The van der Waals surface area contributed by atoms with Crippen molar-refractivity contribution in [2.75, 3.05) is 6.61 Å². The summed E-state index contributed by atoms with van der Waals surface area (Å²) in [7, 11) is 0. The van der Waals surface area contributed by atoms with E-state index in [0.717, 1.165) is 24.1 Å². The Balaban J connectivity index is 0.00000176. The first kappa shape index (κ1) is 30.7. The summed E-state index contributed by atoms with van der Waals surface area (Å²) in [4.78, 5) is 18.8. The van der Waals surface area contributed by atoms with Gasteiger partial charge in [0.1, 0.15) is 18.9 Å². The van der Waals surface area contributed by atoms with E-state index in [4.69, 9.17) is 14.3 Å². The van der Waals surface area contributed by atoms with E-state index in [1.807, 2.05) is 30.3 Å². The summed E-state index contributed by atoms with van der Waals surface area (Å²) in [5.74, 6) is 0.0499. The van der Waals surface area contributed by atoms with Gasteiger partial charge < -0.3 is 32.0 Å². The van der Waals surface area contributed by atoms with E-state index >= 15 is 0 Å². The second-order valence-electron chi connectivity index (χ2n) is 11.8. The van der Waals surface area contributed by atoms with Crippen molar-refractivity contribution in [3.8, 4) is 0 Å². The second kappa shape index (κ2) is 11.2. The maximum Gasteiger partial charge on any atom is 0.193 e. The molecule has 7 nitrogen and oxygen atoms in total. The number of ether oxygens (including phenoxy) is 2. The fraction of sp³-hybridized carbons (Fsp3) is 0.581. The molecule has 6 rings (SSSR count). The molecule has 4 aliphatic carbocycles. The van der Waals surface area contributed by atoms with E-state index in [9.17, 15) is 15.0 Å². The molecule has 9 atom stereocenters. The number of rotatable bonds is 5. The zero-order valence-electron chi connectivity index (χ0n) is 23.3. The van der Waals surface area contributed by atoms with Crippen molar-refractivity contribution < 1.29 is 62.0 Å². The molecule has 1 heterocycles. The van der Waals surface area contributed by atoms with Crippen LogP contribution in [-0.4, -0.2) is 52.4 Å². The molecule has 1 aromatic rings. The predicted octanol–water partition coefficient (Wildman–Crippen LogP) is 4.19. The molecular formula is C31H39NO6Y-2. The number of fused-ring (bicyclic) bond motifs is 7. The predicted molar refractivity (Wildman–Crippen MR) is 143 cm³/mol. The molecule has 2 N–H and O–H groups in total. The topological polar surface area (TPSA) is 97.6 Å². The van der Waals surface area contributed by atoms with Crippen molar-refractivity contribution in [3.63, 3.8) is 0 Å². The number of oxime groups is 1. The van der Waals surface area contributed by atoms with Crippen LogP contribution < -0.4 is 0 Å². The van der Waals surface area contributed by atoms with E-state index in [1.54, 1.807) is 6.92 Å². The van der Waals surface area contributed by atoms with Crippen molar-refractivity contribution in [3.05, 3.63) is 67.1 Å². The van der Waals surface area contributed by atoms with E-state index < -0.39 is 36.1 Å². The number of hydrogen-bond acceptors (Lipinski definition) is 7. The van der Waals surface area contributed by atoms with Gasteiger partial charge in [-0.25, -0.2) is 0 Å². The first-order valence-corrected chi connectivity index (χ1v) is 13.4. The molecular weight excluding hydrogens is 571 g/mol. The van der Waals surface area contributed by atoms with E-state index in [0.29, 0.717) is 19.4 Å². The van der Waals surface area contributed by atoms with Gasteiger partial charge in [0.15, 0.2) is 17.7 Å².